The summed E-state index contributed by atoms with van der Waals surface area (Å²) in [6.45, 7) is 9.31. The Morgan fingerprint density at radius 2 is 2.18 bits per heavy atom. The van der Waals surface area contributed by atoms with E-state index in [0.29, 0.717) is 6.04 Å². The maximum absolute atomic E-state index is 4.49. The Hall–Kier alpha value is -1.40. The second kappa shape index (κ2) is 6.79. The average Bonchev–Trinajstić information content (AvgIpc) is 3.21. The molecule has 3 rings (SSSR count). The minimum atomic E-state index is 0.654. The second-order valence-corrected chi connectivity index (χ2v) is 7.24. The van der Waals surface area contributed by atoms with E-state index in [9.17, 15) is 0 Å². The van der Waals surface area contributed by atoms with Crippen molar-refractivity contribution in [3.63, 3.8) is 0 Å². The van der Waals surface area contributed by atoms with Crippen LogP contribution in [0, 0.1) is 13.8 Å². The number of hydrogen-bond acceptors (Lipinski definition) is 4. The number of nitrogens with one attached hydrogen (secondary N) is 1. The zero-order valence-corrected chi connectivity index (χ0v) is 14.5. The van der Waals surface area contributed by atoms with Gasteiger partial charge in [-0.25, -0.2) is 4.98 Å². The molecule has 0 amide bonds. The molecule has 3 heterocycles. The highest BCUT2D eigenvalue weighted by atomic mass is 32.1. The van der Waals surface area contributed by atoms with E-state index in [1.807, 2.05) is 7.05 Å². The predicted octanol–water partition coefficient (Wildman–Crippen LogP) is 1.78. The number of rotatable bonds is 3. The SMILES string of the molecule is CN=C(NCc1sc(C)nc1C)N1CCC(N2CC=CC2)C1. The first-order valence-electron chi connectivity index (χ1n) is 7.95. The van der Waals surface area contributed by atoms with Gasteiger partial charge in [0.1, 0.15) is 0 Å². The Morgan fingerprint density at radius 3 is 2.82 bits per heavy atom. The van der Waals surface area contributed by atoms with Gasteiger partial charge in [0.25, 0.3) is 0 Å². The van der Waals surface area contributed by atoms with Gasteiger partial charge < -0.3 is 10.2 Å². The van der Waals surface area contributed by atoms with Crippen LogP contribution in [0.4, 0.5) is 0 Å². The third kappa shape index (κ3) is 3.33. The third-order valence-electron chi connectivity index (χ3n) is 4.44. The minimum absolute atomic E-state index is 0.654. The van der Waals surface area contributed by atoms with Crippen LogP contribution in [0.25, 0.3) is 0 Å². The second-order valence-electron chi connectivity index (χ2n) is 5.96. The number of guanidine groups is 1. The van der Waals surface area contributed by atoms with Gasteiger partial charge in [-0.1, -0.05) is 12.2 Å². The van der Waals surface area contributed by atoms with Gasteiger partial charge in [-0.3, -0.25) is 9.89 Å². The molecule has 0 aromatic carbocycles. The molecule has 0 aliphatic carbocycles. The molecule has 1 unspecified atom stereocenters. The molecule has 22 heavy (non-hydrogen) atoms. The van der Waals surface area contributed by atoms with Gasteiger partial charge in [0, 0.05) is 44.1 Å². The molecule has 2 aliphatic heterocycles. The summed E-state index contributed by atoms with van der Waals surface area (Å²) in [5.74, 6) is 1.01. The molecule has 1 aromatic heterocycles. The zero-order chi connectivity index (χ0) is 15.5. The molecule has 1 saturated heterocycles. The largest absolute Gasteiger partial charge is 0.351 e. The van der Waals surface area contributed by atoms with Crippen molar-refractivity contribution >= 4 is 17.3 Å². The Labute approximate surface area is 136 Å². The summed E-state index contributed by atoms with van der Waals surface area (Å²) in [6, 6.07) is 0.654. The van der Waals surface area contributed by atoms with Gasteiger partial charge >= 0.3 is 0 Å². The van der Waals surface area contributed by atoms with Crippen LogP contribution < -0.4 is 5.32 Å². The maximum Gasteiger partial charge on any atom is 0.193 e. The van der Waals surface area contributed by atoms with Crippen molar-refractivity contribution in [1.29, 1.82) is 0 Å². The third-order valence-corrected chi connectivity index (χ3v) is 5.52. The van der Waals surface area contributed by atoms with Gasteiger partial charge in [-0.15, -0.1) is 11.3 Å². The normalized spacial score (nSPS) is 22.8. The van der Waals surface area contributed by atoms with Crippen LogP contribution in [0.1, 0.15) is 22.0 Å². The summed E-state index contributed by atoms with van der Waals surface area (Å²) in [5, 5.41) is 4.64. The highest BCUT2D eigenvalue weighted by molar-refractivity contribution is 7.11. The van der Waals surface area contributed by atoms with Crippen molar-refractivity contribution in [1.82, 2.24) is 20.1 Å². The summed E-state index contributed by atoms with van der Waals surface area (Å²) in [5.41, 5.74) is 1.13. The fourth-order valence-electron chi connectivity index (χ4n) is 3.25. The summed E-state index contributed by atoms with van der Waals surface area (Å²) in [7, 11) is 1.87. The smallest absolute Gasteiger partial charge is 0.193 e. The van der Waals surface area contributed by atoms with E-state index in [1.54, 1.807) is 11.3 Å². The molecule has 1 fully saturated rings. The molecule has 0 spiro atoms. The first-order chi connectivity index (χ1) is 10.7. The molecule has 0 bridgehead atoms. The van der Waals surface area contributed by atoms with E-state index < -0.39 is 0 Å². The highest BCUT2D eigenvalue weighted by Gasteiger charge is 2.29. The van der Waals surface area contributed by atoms with Gasteiger partial charge in [-0.05, 0) is 20.3 Å². The van der Waals surface area contributed by atoms with E-state index in [2.05, 4.69) is 51.1 Å². The number of hydrogen-bond donors (Lipinski definition) is 1. The molecular formula is C16H25N5S. The van der Waals surface area contributed by atoms with Crippen LogP contribution in [0.15, 0.2) is 17.1 Å². The monoisotopic (exact) mass is 319 g/mol. The van der Waals surface area contributed by atoms with Gasteiger partial charge in [0.15, 0.2) is 5.96 Å². The van der Waals surface area contributed by atoms with Crippen molar-refractivity contribution < 1.29 is 0 Å². The number of aryl methyl sites for hydroxylation is 2. The zero-order valence-electron chi connectivity index (χ0n) is 13.7. The summed E-state index contributed by atoms with van der Waals surface area (Å²) in [4.78, 5) is 15.2. The van der Waals surface area contributed by atoms with Crippen LogP contribution in [0.5, 0.6) is 0 Å². The standard InChI is InChI=1S/C16H25N5S/c1-12-15(22-13(2)19-12)10-18-16(17-3)21-9-6-14(11-21)20-7-4-5-8-20/h4-5,14H,6-11H2,1-3H3,(H,17,18). The molecule has 1 atom stereocenters. The average molecular weight is 319 g/mol. The lowest BCUT2D eigenvalue weighted by molar-refractivity contribution is 0.259. The molecule has 2 aliphatic rings. The van der Waals surface area contributed by atoms with E-state index in [0.717, 1.165) is 49.4 Å². The van der Waals surface area contributed by atoms with Crippen molar-refractivity contribution in [3.8, 4) is 0 Å². The Morgan fingerprint density at radius 1 is 1.41 bits per heavy atom. The van der Waals surface area contributed by atoms with E-state index in [4.69, 9.17) is 0 Å². The van der Waals surface area contributed by atoms with Crippen LogP contribution in [-0.2, 0) is 6.54 Å². The molecule has 0 saturated carbocycles. The van der Waals surface area contributed by atoms with Gasteiger partial charge in [-0.2, -0.15) is 0 Å². The Balaban J connectivity index is 1.55. The maximum atomic E-state index is 4.49. The quantitative estimate of drug-likeness (QED) is 0.524. The topological polar surface area (TPSA) is 43.8 Å². The van der Waals surface area contributed by atoms with E-state index in [1.165, 1.54) is 11.3 Å². The molecule has 0 radical (unpaired) electrons. The predicted molar refractivity (Wildman–Crippen MR) is 92.5 cm³/mol. The first kappa shape index (κ1) is 15.5. The lowest BCUT2D eigenvalue weighted by atomic mass is 10.2. The van der Waals surface area contributed by atoms with E-state index in [-0.39, 0.29) is 0 Å². The van der Waals surface area contributed by atoms with Crippen LogP contribution in [0.2, 0.25) is 0 Å². The van der Waals surface area contributed by atoms with Crippen LogP contribution in [0.3, 0.4) is 0 Å². The Bertz CT molecular complexity index is 569. The Kier molecular flexibility index (Phi) is 4.78. The lowest BCUT2D eigenvalue weighted by Gasteiger charge is -2.25. The van der Waals surface area contributed by atoms with Crippen LogP contribution in [-0.4, -0.2) is 60.0 Å². The number of aromatic nitrogens is 1. The molecule has 1 aromatic rings. The number of aliphatic imine (C=N–C) groups is 1. The van der Waals surface area contributed by atoms with Crippen molar-refractivity contribution in [2.24, 2.45) is 4.99 Å². The van der Waals surface area contributed by atoms with Crippen molar-refractivity contribution in [2.75, 3.05) is 33.2 Å². The molecule has 5 nitrogen and oxygen atoms in total. The summed E-state index contributed by atoms with van der Waals surface area (Å²) >= 11 is 1.77. The van der Waals surface area contributed by atoms with Crippen molar-refractivity contribution in [2.45, 2.75) is 32.9 Å². The molecule has 1 N–H and O–H groups in total. The van der Waals surface area contributed by atoms with Crippen molar-refractivity contribution in [3.05, 3.63) is 27.7 Å². The number of likely N-dealkylation sites (tertiary alicyclic amines) is 1. The number of nitrogens with zero attached hydrogens (tertiary/aromatic N) is 4. The highest BCUT2D eigenvalue weighted by Crippen LogP contribution is 2.19. The van der Waals surface area contributed by atoms with Gasteiger partial charge in [0.05, 0.1) is 17.2 Å². The van der Waals surface area contributed by atoms with E-state index >= 15 is 0 Å². The summed E-state index contributed by atoms with van der Waals surface area (Å²) < 4.78 is 0. The lowest BCUT2D eigenvalue weighted by Crippen LogP contribution is -2.42. The minimum Gasteiger partial charge on any atom is -0.351 e. The first-order valence-corrected chi connectivity index (χ1v) is 8.76. The fourth-order valence-corrected chi connectivity index (χ4v) is 4.13. The summed E-state index contributed by atoms with van der Waals surface area (Å²) in [6.07, 6.45) is 5.76. The molecule has 6 heteroatoms. The molecule has 120 valence electrons. The van der Waals surface area contributed by atoms with Gasteiger partial charge in [0.2, 0.25) is 0 Å². The fraction of sp³-hybridized carbons (Fsp3) is 0.625. The number of thiazole rings is 1. The molecular weight excluding hydrogens is 294 g/mol. The van der Waals surface area contributed by atoms with Crippen LogP contribution >= 0.6 is 11.3 Å².